The smallest absolute Gasteiger partial charge is 0.169 e. The van der Waals surface area contributed by atoms with Crippen molar-refractivity contribution in [1.82, 2.24) is 0 Å². The van der Waals surface area contributed by atoms with E-state index >= 15 is 0 Å². The number of aryl methyl sites for hydroxylation is 1. The lowest BCUT2D eigenvalue weighted by Gasteiger charge is -2.34. The fourth-order valence-electron chi connectivity index (χ4n) is 4.02. The van der Waals surface area contributed by atoms with Crippen LogP contribution in [-0.4, -0.2) is 21.3 Å². The van der Waals surface area contributed by atoms with Gasteiger partial charge in [0.15, 0.2) is 11.5 Å². The Balaban J connectivity index is 2.47. The van der Waals surface area contributed by atoms with Crippen LogP contribution in [-0.2, 0) is 11.8 Å². The molecule has 2 aromatic rings. The molecular weight excluding hydrogens is 288 g/mol. The van der Waals surface area contributed by atoms with Gasteiger partial charge in [-0.25, -0.2) is 0 Å². The molecule has 0 atom stereocenters. The van der Waals surface area contributed by atoms with E-state index in [1.54, 1.807) is 21.3 Å². The highest BCUT2D eigenvalue weighted by Gasteiger charge is 2.30. The van der Waals surface area contributed by atoms with Crippen molar-refractivity contribution >= 4 is 10.8 Å². The minimum atomic E-state index is 0.199. The van der Waals surface area contributed by atoms with Gasteiger partial charge in [-0.2, -0.15) is 0 Å². The summed E-state index contributed by atoms with van der Waals surface area (Å²) >= 11 is 0. The van der Waals surface area contributed by atoms with Crippen LogP contribution in [0.2, 0.25) is 0 Å². The lowest BCUT2D eigenvalue weighted by Crippen LogP contribution is -2.24. The Morgan fingerprint density at radius 1 is 0.957 bits per heavy atom. The summed E-state index contributed by atoms with van der Waals surface area (Å²) in [5.74, 6) is 2.35. The molecule has 0 radical (unpaired) electrons. The van der Waals surface area contributed by atoms with Gasteiger partial charge >= 0.3 is 0 Å². The minimum Gasteiger partial charge on any atom is -0.496 e. The first-order valence-electron chi connectivity index (χ1n) is 8.20. The van der Waals surface area contributed by atoms with Crippen LogP contribution >= 0.6 is 0 Å². The molecule has 0 unspecified atom stereocenters. The van der Waals surface area contributed by atoms with Crippen molar-refractivity contribution in [2.24, 2.45) is 0 Å². The second-order valence-electron chi connectivity index (χ2n) is 7.00. The van der Waals surface area contributed by atoms with Crippen LogP contribution in [0.3, 0.4) is 0 Å². The zero-order chi connectivity index (χ0) is 16.8. The zero-order valence-corrected chi connectivity index (χ0v) is 15.0. The monoisotopic (exact) mass is 314 g/mol. The van der Waals surface area contributed by atoms with Gasteiger partial charge in [0.05, 0.1) is 21.3 Å². The first kappa shape index (κ1) is 16.0. The van der Waals surface area contributed by atoms with Crippen molar-refractivity contribution in [2.45, 2.75) is 45.4 Å². The molecule has 23 heavy (non-hydrogen) atoms. The van der Waals surface area contributed by atoms with E-state index in [0.717, 1.165) is 34.4 Å². The molecule has 1 aliphatic rings. The molecule has 0 heterocycles. The van der Waals surface area contributed by atoms with Crippen LogP contribution in [0.15, 0.2) is 12.1 Å². The number of ether oxygens (including phenoxy) is 3. The Labute approximate surface area is 138 Å². The minimum absolute atomic E-state index is 0.199. The maximum absolute atomic E-state index is 5.69. The first-order chi connectivity index (χ1) is 10.9. The molecule has 3 heteroatoms. The number of rotatable bonds is 3. The van der Waals surface area contributed by atoms with Gasteiger partial charge < -0.3 is 14.2 Å². The summed E-state index contributed by atoms with van der Waals surface area (Å²) in [6.07, 6.45) is 3.58. The quantitative estimate of drug-likeness (QED) is 0.815. The normalized spacial score (nSPS) is 16.1. The molecular formula is C20H26O3. The first-order valence-corrected chi connectivity index (χ1v) is 8.20. The molecule has 0 N–H and O–H groups in total. The van der Waals surface area contributed by atoms with Crippen molar-refractivity contribution in [3.8, 4) is 17.2 Å². The fourth-order valence-corrected chi connectivity index (χ4v) is 4.02. The van der Waals surface area contributed by atoms with Crippen molar-refractivity contribution < 1.29 is 14.2 Å². The van der Waals surface area contributed by atoms with Gasteiger partial charge in [-0.15, -0.1) is 0 Å². The number of hydrogen-bond donors (Lipinski definition) is 0. The molecule has 0 saturated heterocycles. The summed E-state index contributed by atoms with van der Waals surface area (Å²) in [5, 5.41) is 2.22. The summed E-state index contributed by atoms with van der Waals surface area (Å²) in [4.78, 5) is 0. The highest BCUT2D eigenvalue weighted by Crippen LogP contribution is 2.48. The molecule has 0 spiro atoms. The van der Waals surface area contributed by atoms with Crippen LogP contribution in [0.5, 0.6) is 17.2 Å². The standard InChI is InChI=1S/C20H26O3/c1-12-13-8-7-9-20(2,3)15(13)10-14-16(21-4)11-17(22-5)19(23-6)18(12)14/h10-11H,7-9H2,1-6H3. The zero-order valence-electron chi connectivity index (χ0n) is 15.0. The average Bonchev–Trinajstić information content (AvgIpc) is 2.54. The molecule has 0 amide bonds. The highest BCUT2D eigenvalue weighted by atomic mass is 16.5. The van der Waals surface area contributed by atoms with E-state index in [-0.39, 0.29) is 5.41 Å². The van der Waals surface area contributed by atoms with E-state index in [2.05, 4.69) is 26.8 Å². The second kappa shape index (κ2) is 5.63. The van der Waals surface area contributed by atoms with E-state index in [9.17, 15) is 0 Å². The van der Waals surface area contributed by atoms with Crippen molar-refractivity contribution in [3.63, 3.8) is 0 Å². The van der Waals surface area contributed by atoms with Crippen LogP contribution in [0.25, 0.3) is 10.8 Å². The Morgan fingerprint density at radius 2 is 1.65 bits per heavy atom. The van der Waals surface area contributed by atoms with Gasteiger partial charge in [-0.05, 0) is 54.4 Å². The molecule has 124 valence electrons. The van der Waals surface area contributed by atoms with Crippen molar-refractivity contribution in [1.29, 1.82) is 0 Å². The highest BCUT2D eigenvalue weighted by molar-refractivity contribution is 5.99. The van der Waals surface area contributed by atoms with Crippen molar-refractivity contribution in [3.05, 3.63) is 28.8 Å². The lowest BCUT2D eigenvalue weighted by molar-refractivity contribution is 0.353. The Bertz CT molecular complexity index is 760. The van der Waals surface area contributed by atoms with Crippen LogP contribution in [0.1, 0.15) is 43.4 Å². The third-order valence-electron chi connectivity index (χ3n) is 5.29. The van der Waals surface area contributed by atoms with Gasteiger partial charge in [-0.1, -0.05) is 13.8 Å². The van der Waals surface area contributed by atoms with Gasteiger partial charge in [-0.3, -0.25) is 0 Å². The largest absolute Gasteiger partial charge is 0.496 e. The Hall–Kier alpha value is -1.90. The molecule has 3 nitrogen and oxygen atoms in total. The van der Waals surface area contributed by atoms with E-state index in [1.165, 1.54) is 29.5 Å². The summed E-state index contributed by atoms with van der Waals surface area (Å²) in [5.41, 5.74) is 4.39. The Kier molecular flexibility index (Phi) is 3.91. The second-order valence-corrected chi connectivity index (χ2v) is 7.00. The van der Waals surface area contributed by atoms with Crippen LogP contribution in [0, 0.1) is 6.92 Å². The van der Waals surface area contributed by atoms with Gasteiger partial charge in [0, 0.05) is 16.8 Å². The number of hydrogen-bond acceptors (Lipinski definition) is 3. The summed E-state index contributed by atoms with van der Waals surface area (Å²) in [6, 6.07) is 4.22. The van der Waals surface area contributed by atoms with Crippen LogP contribution < -0.4 is 14.2 Å². The Morgan fingerprint density at radius 3 is 2.26 bits per heavy atom. The molecule has 2 aromatic carbocycles. The average molecular weight is 314 g/mol. The maximum Gasteiger partial charge on any atom is 0.169 e. The lowest BCUT2D eigenvalue weighted by atomic mass is 9.70. The van der Waals surface area contributed by atoms with Gasteiger partial charge in [0.25, 0.3) is 0 Å². The van der Waals surface area contributed by atoms with Crippen LogP contribution in [0.4, 0.5) is 0 Å². The molecule has 0 bridgehead atoms. The molecule has 0 aliphatic heterocycles. The third-order valence-corrected chi connectivity index (χ3v) is 5.29. The summed E-state index contributed by atoms with van der Waals surface area (Å²) in [7, 11) is 5.08. The molecule has 0 saturated carbocycles. The molecule has 3 rings (SSSR count). The van der Waals surface area contributed by atoms with Gasteiger partial charge in [0.2, 0.25) is 0 Å². The summed E-state index contributed by atoms with van der Waals surface area (Å²) in [6.45, 7) is 6.87. The molecule has 0 aromatic heterocycles. The topological polar surface area (TPSA) is 27.7 Å². The van der Waals surface area contributed by atoms with E-state index < -0.39 is 0 Å². The van der Waals surface area contributed by atoms with Crippen molar-refractivity contribution in [2.75, 3.05) is 21.3 Å². The van der Waals surface area contributed by atoms with E-state index in [4.69, 9.17) is 14.2 Å². The molecule has 1 aliphatic carbocycles. The maximum atomic E-state index is 5.69. The number of fused-ring (bicyclic) bond motifs is 2. The summed E-state index contributed by atoms with van der Waals surface area (Å²) < 4.78 is 16.9. The predicted octanol–water partition coefficient (Wildman–Crippen LogP) is 4.79. The predicted molar refractivity (Wildman–Crippen MR) is 94.3 cm³/mol. The van der Waals surface area contributed by atoms with E-state index in [1.807, 2.05) is 6.07 Å². The third kappa shape index (κ3) is 2.34. The van der Waals surface area contributed by atoms with E-state index in [0.29, 0.717) is 0 Å². The SMILES string of the molecule is COc1cc(OC)c2cc3c(c(C)c2c1OC)CCCC3(C)C. The fraction of sp³-hybridized carbons (Fsp3) is 0.500. The number of benzene rings is 2. The molecule has 0 fully saturated rings. The number of methoxy groups -OCH3 is 3. The van der Waals surface area contributed by atoms with Gasteiger partial charge in [0.1, 0.15) is 5.75 Å².